The van der Waals surface area contributed by atoms with Crippen molar-refractivity contribution in [3.05, 3.63) is 82.5 Å². The lowest BCUT2D eigenvalue weighted by Gasteiger charge is -2.39. The number of hydrogen-bond donors (Lipinski definition) is 7. The lowest BCUT2D eigenvalue weighted by molar-refractivity contribution is -0.143. The number of likely N-dealkylation sites (tertiary alicyclic amines) is 1. The molecule has 22 heteroatoms. The van der Waals surface area contributed by atoms with Gasteiger partial charge in [-0.3, -0.25) is 35.1 Å². The van der Waals surface area contributed by atoms with Crippen LogP contribution in [0.15, 0.2) is 70.7 Å². The number of amides is 1. The second kappa shape index (κ2) is 29.5. The number of benzene rings is 3. The van der Waals surface area contributed by atoms with Gasteiger partial charge in [-0.2, -0.15) is 13.2 Å². The fraction of sp³-hybridized carbons (Fsp3) is 0.526. The quantitative estimate of drug-likeness (QED) is 0.0295. The fourth-order valence-electron chi connectivity index (χ4n) is 9.40. The number of anilines is 4. The number of carbonyl (C=O) groups excluding carboxylic acids is 3. The van der Waals surface area contributed by atoms with Crippen LogP contribution in [0.1, 0.15) is 116 Å². The Morgan fingerprint density at radius 1 is 0.975 bits per heavy atom. The highest BCUT2D eigenvalue weighted by atomic mass is 35.5. The number of Topliss-reactive ketones (excluding diaryl/α,β-unsaturated/α-hetero) is 1. The van der Waals surface area contributed by atoms with Crippen LogP contribution >= 0.6 is 23.4 Å². The Morgan fingerprint density at radius 2 is 1.62 bits per heavy atom. The summed E-state index contributed by atoms with van der Waals surface area (Å²) in [6, 6.07) is 16.0. The molecule has 79 heavy (non-hydrogen) atoms. The molecule has 3 saturated heterocycles. The molecular formula is C57H80ClF3N12O5S. The molecule has 1 unspecified atom stereocenters. The summed E-state index contributed by atoms with van der Waals surface area (Å²) in [5.41, 5.74) is 15.3. The fourth-order valence-corrected chi connectivity index (χ4v) is 10.5. The van der Waals surface area contributed by atoms with E-state index in [9.17, 15) is 37.8 Å². The summed E-state index contributed by atoms with van der Waals surface area (Å²) in [6.45, 7) is 19.2. The van der Waals surface area contributed by atoms with Gasteiger partial charge in [0.15, 0.2) is 17.4 Å². The molecule has 4 aromatic rings. The van der Waals surface area contributed by atoms with Crippen molar-refractivity contribution in [2.75, 3.05) is 86.8 Å². The molecule has 1 amide bonds. The molecule has 3 fully saturated rings. The predicted octanol–water partition coefficient (Wildman–Crippen LogP) is 10.2. The van der Waals surface area contributed by atoms with Crippen molar-refractivity contribution in [1.29, 1.82) is 10.8 Å². The van der Waals surface area contributed by atoms with Crippen LogP contribution in [0, 0.1) is 22.7 Å². The Bertz CT molecular complexity index is 2690. The van der Waals surface area contributed by atoms with E-state index in [1.54, 1.807) is 32.2 Å². The van der Waals surface area contributed by atoms with E-state index in [4.69, 9.17) is 33.9 Å². The number of carbonyl (C=O) groups is 3. The Kier molecular flexibility index (Phi) is 23.8. The van der Waals surface area contributed by atoms with Gasteiger partial charge in [-0.1, -0.05) is 75.7 Å². The summed E-state index contributed by atoms with van der Waals surface area (Å²) in [6.07, 6.45) is 3.20. The lowest BCUT2D eigenvalue weighted by Crippen LogP contribution is -2.50. The highest BCUT2D eigenvalue weighted by molar-refractivity contribution is 7.99. The zero-order valence-corrected chi connectivity index (χ0v) is 48.2. The van der Waals surface area contributed by atoms with Crippen molar-refractivity contribution in [1.82, 2.24) is 24.7 Å². The molecule has 3 aromatic carbocycles. The Morgan fingerprint density at radius 3 is 2.16 bits per heavy atom. The Hall–Kier alpha value is -6.00. The maximum absolute atomic E-state index is 12.3. The van der Waals surface area contributed by atoms with Crippen LogP contribution in [0.25, 0.3) is 0 Å². The monoisotopic (exact) mass is 1140 g/mol. The highest BCUT2D eigenvalue weighted by Gasteiger charge is 2.31. The minimum absolute atomic E-state index is 0.0598. The van der Waals surface area contributed by atoms with E-state index in [0.29, 0.717) is 52.3 Å². The van der Waals surface area contributed by atoms with Gasteiger partial charge in [0, 0.05) is 108 Å². The van der Waals surface area contributed by atoms with Gasteiger partial charge in [0.25, 0.3) is 0 Å². The number of aromatic nitrogens is 2. The summed E-state index contributed by atoms with van der Waals surface area (Å²) in [5.74, 6) is 0.108. The normalized spacial score (nSPS) is 16.5. The molecular weight excluding hydrogens is 1060 g/mol. The lowest BCUT2D eigenvalue weighted by atomic mass is 9.91. The number of amidine groups is 2. The van der Waals surface area contributed by atoms with E-state index in [0.717, 1.165) is 119 Å². The smallest absolute Gasteiger partial charge is 0.389 e. The van der Waals surface area contributed by atoms with Gasteiger partial charge in [-0.05, 0) is 105 Å². The van der Waals surface area contributed by atoms with Crippen molar-refractivity contribution in [3.8, 4) is 11.5 Å². The number of aldehydes is 1. The second-order valence-electron chi connectivity index (χ2n) is 21.3. The number of nitrogen functional groups attached to an aromatic ring is 1. The van der Waals surface area contributed by atoms with E-state index in [1.807, 2.05) is 56.1 Å². The number of ketones is 1. The number of piperazine rings is 1. The number of phenolic OH excluding ortho intramolecular Hbond substituents is 2. The number of halogens is 4. The van der Waals surface area contributed by atoms with Gasteiger partial charge in [-0.15, -0.1) is 0 Å². The molecule has 3 aliphatic rings. The maximum atomic E-state index is 12.3. The van der Waals surface area contributed by atoms with Crippen LogP contribution in [-0.2, 0) is 20.9 Å². The standard InChI is InChI=1S/C34H46N6O5.C17H23ClN6S.C6H11F3/c1-23(2)28-19-29(31(44)20-30(28)43)34(36)40(33(35)24(3)42)27-8-6-25(7-9-27)21-37-12-10-26(11-13-37)22-38-14-16-39(17-15-38)32(45)5-4-18-41;1-17(20)6-8-24(9-7-17)13-10-22-16(15(19)23-13)25-12-5-3-4-11(21-2)14(12)18;1-3-5(2)4-6(7,8)9/h6-9,18-20,23,26,35-36,43-44H,4-5,10-17,21-22H2,1-3H3;3-5,10,21H,6-9,20H2,1-2H3,(H2,19,23);5H,3-4H2,1-2H3. The van der Waals surface area contributed by atoms with Gasteiger partial charge in [0.2, 0.25) is 5.91 Å². The van der Waals surface area contributed by atoms with Crippen LogP contribution < -0.4 is 26.6 Å². The van der Waals surface area contributed by atoms with Gasteiger partial charge < -0.3 is 41.6 Å². The van der Waals surface area contributed by atoms with Gasteiger partial charge in [0.1, 0.15) is 34.5 Å². The predicted molar refractivity (Wildman–Crippen MR) is 310 cm³/mol. The van der Waals surface area contributed by atoms with Crippen LogP contribution in [0.4, 0.5) is 36.2 Å². The molecule has 3 aliphatic heterocycles. The molecule has 9 N–H and O–H groups in total. The Labute approximate surface area is 472 Å². The first-order chi connectivity index (χ1) is 37.3. The van der Waals surface area contributed by atoms with E-state index in [2.05, 4.69) is 36.9 Å². The summed E-state index contributed by atoms with van der Waals surface area (Å²) < 4.78 is 34.5. The zero-order valence-electron chi connectivity index (χ0n) is 46.6. The molecule has 0 spiro atoms. The molecule has 0 saturated carbocycles. The van der Waals surface area contributed by atoms with Crippen LogP contribution in [-0.4, -0.2) is 142 Å². The van der Waals surface area contributed by atoms with Crippen LogP contribution in [0.3, 0.4) is 0 Å². The maximum Gasteiger partial charge on any atom is 0.389 e. The number of piperidine rings is 2. The van der Waals surface area contributed by atoms with Crippen molar-refractivity contribution in [2.45, 2.75) is 127 Å². The van der Waals surface area contributed by atoms with E-state index < -0.39 is 18.4 Å². The second-order valence-corrected chi connectivity index (χ2v) is 22.7. The third-order valence-corrected chi connectivity index (χ3v) is 16.1. The minimum Gasteiger partial charge on any atom is -0.508 e. The van der Waals surface area contributed by atoms with Crippen molar-refractivity contribution < 1.29 is 37.8 Å². The van der Waals surface area contributed by atoms with E-state index >= 15 is 0 Å². The summed E-state index contributed by atoms with van der Waals surface area (Å²) >= 11 is 7.81. The van der Waals surface area contributed by atoms with Crippen LogP contribution in [0.2, 0.25) is 5.02 Å². The number of nitrogens with two attached hydrogens (primary N) is 2. The van der Waals surface area contributed by atoms with Gasteiger partial charge in [0.05, 0.1) is 22.5 Å². The largest absolute Gasteiger partial charge is 0.508 e. The first kappa shape index (κ1) is 63.8. The molecule has 0 radical (unpaired) electrons. The SMILES string of the molecule is CC(=O)C(=N)N(C(=N)c1cc(C(C)C)c(O)cc1O)c1ccc(CN2CCC(CN3CCN(C(=O)CCC=O)CC3)CC2)cc1.CCC(C)CC(F)(F)F.CNc1cccc(Sc2ncc(N3CCC(C)(N)CC3)nc2N)c1Cl. The number of alkyl halides is 3. The van der Waals surface area contributed by atoms with Crippen molar-refractivity contribution in [2.24, 2.45) is 17.6 Å². The molecule has 1 aromatic heterocycles. The summed E-state index contributed by atoms with van der Waals surface area (Å²) in [7, 11) is 1.84. The summed E-state index contributed by atoms with van der Waals surface area (Å²) in [5, 5.41) is 42.5. The number of nitrogens with one attached hydrogen (secondary N) is 3. The number of nitrogens with zero attached hydrogens (tertiary/aromatic N) is 7. The first-order valence-corrected chi connectivity index (χ1v) is 28.2. The van der Waals surface area contributed by atoms with E-state index in [1.165, 1.54) is 35.7 Å². The number of rotatable bonds is 17. The van der Waals surface area contributed by atoms with Crippen molar-refractivity contribution in [3.63, 3.8) is 0 Å². The highest BCUT2D eigenvalue weighted by Crippen LogP contribution is 2.39. The van der Waals surface area contributed by atoms with E-state index in [-0.39, 0.29) is 52.0 Å². The zero-order chi connectivity index (χ0) is 58.2. The molecule has 7 rings (SSSR count). The Balaban J connectivity index is 0.000000280. The first-order valence-electron chi connectivity index (χ1n) is 27.0. The number of aromatic hydroxyl groups is 2. The van der Waals surface area contributed by atoms with Crippen LogP contribution in [0.5, 0.6) is 11.5 Å². The third kappa shape index (κ3) is 19.1. The minimum atomic E-state index is -3.98. The topological polar surface area (TPSA) is 245 Å². The average molecular weight is 1140 g/mol. The van der Waals surface area contributed by atoms with Gasteiger partial charge in [-0.25, -0.2) is 9.97 Å². The molecule has 4 heterocycles. The number of hydrogen-bond acceptors (Lipinski definition) is 16. The molecule has 432 valence electrons. The molecule has 17 nitrogen and oxygen atoms in total. The average Bonchev–Trinajstić information content (AvgIpc) is 3.49. The summed E-state index contributed by atoms with van der Waals surface area (Å²) in [4.78, 5) is 55.1. The van der Waals surface area contributed by atoms with Gasteiger partial charge >= 0.3 is 6.18 Å². The molecule has 0 aliphatic carbocycles. The number of phenols is 2. The molecule has 0 bridgehead atoms. The van der Waals surface area contributed by atoms with Crippen molar-refractivity contribution >= 4 is 76.0 Å². The third-order valence-electron chi connectivity index (χ3n) is 14.5. The molecule has 1 atom stereocenters.